The highest BCUT2D eigenvalue weighted by molar-refractivity contribution is 5.70. The van der Waals surface area contributed by atoms with E-state index in [1.54, 1.807) is 0 Å². The van der Waals surface area contributed by atoms with E-state index in [0.717, 1.165) is 50.4 Å². The van der Waals surface area contributed by atoms with Gasteiger partial charge >= 0.3 is 11.9 Å². The van der Waals surface area contributed by atoms with E-state index >= 15 is 0 Å². The SMILES string of the molecule is CCC(C)CCCCCCCCCCC(=O)OC[C@H](CO)OC(=O)CCCCCCCCCC(C)C. The molecule has 0 aliphatic carbocycles. The number of aliphatic hydroxyl groups is 1. The van der Waals surface area contributed by atoms with Crippen LogP contribution in [0.1, 0.15) is 156 Å². The highest BCUT2D eigenvalue weighted by atomic mass is 16.6. The molecule has 0 aliphatic heterocycles. The topological polar surface area (TPSA) is 72.8 Å². The summed E-state index contributed by atoms with van der Waals surface area (Å²) in [5, 5.41) is 9.46. The zero-order valence-electron chi connectivity index (χ0n) is 24.4. The number of ether oxygens (including phenoxy) is 2. The van der Waals surface area contributed by atoms with Crippen LogP contribution in [0.2, 0.25) is 0 Å². The summed E-state index contributed by atoms with van der Waals surface area (Å²) < 4.78 is 10.5. The molecule has 0 amide bonds. The first-order valence-corrected chi connectivity index (χ1v) is 15.3. The molecule has 0 aromatic carbocycles. The summed E-state index contributed by atoms with van der Waals surface area (Å²) in [6.07, 6.45) is 21.6. The maximum atomic E-state index is 12.0. The van der Waals surface area contributed by atoms with Gasteiger partial charge in [-0.15, -0.1) is 0 Å². The van der Waals surface area contributed by atoms with Crippen molar-refractivity contribution in [1.29, 1.82) is 0 Å². The number of rotatable bonds is 26. The molecule has 0 heterocycles. The van der Waals surface area contributed by atoms with Gasteiger partial charge in [-0.2, -0.15) is 0 Å². The van der Waals surface area contributed by atoms with E-state index in [9.17, 15) is 14.7 Å². The first kappa shape index (κ1) is 34.9. The Balaban J connectivity index is 3.60. The highest BCUT2D eigenvalue weighted by Gasteiger charge is 2.16. The Morgan fingerprint density at radius 3 is 1.56 bits per heavy atom. The second-order valence-electron chi connectivity index (χ2n) is 11.3. The van der Waals surface area contributed by atoms with Gasteiger partial charge in [-0.05, 0) is 24.7 Å². The van der Waals surface area contributed by atoms with Crippen LogP contribution < -0.4 is 0 Å². The molecule has 0 aromatic rings. The molecule has 1 unspecified atom stereocenters. The van der Waals surface area contributed by atoms with Gasteiger partial charge in [-0.25, -0.2) is 0 Å². The second-order valence-corrected chi connectivity index (χ2v) is 11.3. The Hall–Kier alpha value is -1.10. The van der Waals surface area contributed by atoms with Gasteiger partial charge in [0.15, 0.2) is 6.10 Å². The van der Waals surface area contributed by atoms with Crippen molar-refractivity contribution in [2.75, 3.05) is 13.2 Å². The second kappa shape index (κ2) is 25.5. The first-order chi connectivity index (χ1) is 17.4. The van der Waals surface area contributed by atoms with E-state index < -0.39 is 6.10 Å². The maximum absolute atomic E-state index is 12.0. The van der Waals surface area contributed by atoms with E-state index in [1.807, 2.05) is 0 Å². The zero-order chi connectivity index (χ0) is 26.9. The minimum absolute atomic E-state index is 0.0614. The molecule has 0 saturated heterocycles. The minimum Gasteiger partial charge on any atom is -0.462 e. The molecule has 0 saturated carbocycles. The van der Waals surface area contributed by atoms with Crippen molar-refractivity contribution in [2.45, 2.75) is 162 Å². The maximum Gasteiger partial charge on any atom is 0.306 e. The molecular weight excluding hydrogens is 452 g/mol. The average molecular weight is 513 g/mol. The molecule has 0 radical (unpaired) electrons. The molecule has 2 atom stereocenters. The van der Waals surface area contributed by atoms with E-state index in [4.69, 9.17) is 9.47 Å². The van der Waals surface area contributed by atoms with Gasteiger partial charge in [0.2, 0.25) is 0 Å². The van der Waals surface area contributed by atoms with Crippen LogP contribution in [0.15, 0.2) is 0 Å². The predicted octanol–water partition coefficient (Wildman–Crippen LogP) is 8.55. The van der Waals surface area contributed by atoms with Crippen molar-refractivity contribution < 1.29 is 24.2 Å². The number of hydrogen-bond donors (Lipinski definition) is 1. The van der Waals surface area contributed by atoms with Crippen molar-refractivity contribution in [3.63, 3.8) is 0 Å². The third-order valence-electron chi connectivity index (χ3n) is 7.12. The number of carbonyl (C=O) groups is 2. The number of carbonyl (C=O) groups excluding carboxylic acids is 2. The van der Waals surface area contributed by atoms with Gasteiger partial charge in [0, 0.05) is 12.8 Å². The molecule has 5 heteroatoms. The molecule has 36 heavy (non-hydrogen) atoms. The van der Waals surface area contributed by atoms with Crippen LogP contribution in [0.5, 0.6) is 0 Å². The summed E-state index contributed by atoms with van der Waals surface area (Å²) >= 11 is 0. The quantitative estimate of drug-likeness (QED) is 0.0928. The normalized spacial score (nSPS) is 13.1. The lowest BCUT2D eigenvalue weighted by molar-refractivity contribution is -0.161. The smallest absolute Gasteiger partial charge is 0.306 e. The van der Waals surface area contributed by atoms with Crippen molar-refractivity contribution in [3.8, 4) is 0 Å². The van der Waals surface area contributed by atoms with Gasteiger partial charge in [0.25, 0.3) is 0 Å². The Kier molecular flexibility index (Phi) is 24.8. The summed E-state index contributed by atoms with van der Waals surface area (Å²) in [7, 11) is 0. The molecule has 5 nitrogen and oxygen atoms in total. The molecule has 214 valence electrons. The summed E-state index contributed by atoms with van der Waals surface area (Å²) in [5.41, 5.74) is 0. The predicted molar refractivity (Wildman–Crippen MR) is 150 cm³/mol. The lowest BCUT2D eigenvalue weighted by Crippen LogP contribution is -2.28. The van der Waals surface area contributed by atoms with Crippen molar-refractivity contribution in [1.82, 2.24) is 0 Å². The third kappa shape index (κ3) is 24.6. The van der Waals surface area contributed by atoms with Gasteiger partial charge in [0.05, 0.1) is 6.61 Å². The van der Waals surface area contributed by atoms with Crippen molar-refractivity contribution in [2.24, 2.45) is 11.8 Å². The lowest BCUT2D eigenvalue weighted by atomic mass is 9.99. The lowest BCUT2D eigenvalue weighted by Gasteiger charge is -2.15. The minimum atomic E-state index is -0.761. The molecule has 0 bridgehead atoms. The Morgan fingerprint density at radius 1 is 0.639 bits per heavy atom. The van der Waals surface area contributed by atoms with Gasteiger partial charge in [0.1, 0.15) is 6.61 Å². The Bertz CT molecular complexity index is 505. The summed E-state index contributed by atoms with van der Waals surface area (Å²) in [6, 6.07) is 0. The fourth-order valence-corrected chi connectivity index (χ4v) is 4.36. The highest BCUT2D eigenvalue weighted by Crippen LogP contribution is 2.16. The summed E-state index contributed by atoms with van der Waals surface area (Å²) in [6.45, 7) is 8.75. The molecule has 0 rings (SSSR count). The van der Waals surface area contributed by atoms with Gasteiger partial charge in [-0.1, -0.05) is 130 Å². The molecule has 0 fully saturated rings. The fraction of sp³-hybridized carbons (Fsp3) is 0.935. The van der Waals surface area contributed by atoms with E-state index in [-0.39, 0.29) is 25.2 Å². The van der Waals surface area contributed by atoms with E-state index in [2.05, 4.69) is 27.7 Å². The molecular formula is C31H60O5. The summed E-state index contributed by atoms with van der Waals surface area (Å²) in [4.78, 5) is 24.0. The van der Waals surface area contributed by atoms with E-state index in [1.165, 1.54) is 77.0 Å². The van der Waals surface area contributed by atoms with Crippen LogP contribution in [-0.2, 0) is 19.1 Å². The van der Waals surface area contributed by atoms with Gasteiger partial charge < -0.3 is 14.6 Å². The molecule has 0 spiro atoms. The third-order valence-corrected chi connectivity index (χ3v) is 7.12. The number of esters is 2. The van der Waals surface area contributed by atoms with Crippen LogP contribution >= 0.6 is 0 Å². The molecule has 0 aromatic heterocycles. The monoisotopic (exact) mass is 512 g/mol. The number of aliphatic hydroxyl groups excluding tert-OH is 1. The Morgan fingerprint density at radius 2 is 1.08 bits per heavy atom. The van der Waals surface area contributed by atoms with Crippen LogP contribution in [-0.4, -0.2) is 36.4 Å². The van der Waals surface area contributed by atoms with Crippen LogP contribution in [0.3, 0.4) is 0 Å². The fourth-order valence-electron chi connectivity index (χ4n) is 4.36. The van der Waals surface area contributed by atoms with Crippen LogP contribution in [0, 0.1) is 11.8 Å². The number of unbranched alkanes of at least 4 members (excludes halogenated alkanes) is 13. The van der Waals surface area contributed by atoms with Gasteiger partial charge in [-0.3, -0.25) is 9.59 Å². The summed E-state index contributed by atoms with van der Waals surface area (Å²) in [5.74, 6) is 1.06. The number of hydrogen-bond acceptors (Lipinski definition) is 5. The average Bonchev–Trinajstić information content (AvgIpc) is 2.86. The first-order valence-electron chi connectivity index (χ1n) is 15.3. The molecule has 0 aliphatic rings. The van der Waals surface area contributed by atoms with Crippen LogP contribution in [0.25, 0.3) is 0 Å². The Labute approximate surface area is 223 Å². The van der Waals surface area contributed by atoms with E-state index in [0.29, 0.717) is 12.8 Å². The standard InChI is InChI=1S/C31H60O5/c1-5-28(4)22-18-14-10-6-7-11-15-19-23-30(33)35-26-29(25-32)36-31(34)24-20-16-12-8-9-13-17-21-27(2)3/h27-29,32H,5-26H2,1-4H3/t28?,29-/m0/s1. The molecule has 1 N–H and O–H groups in total. The van der Waals surface area contributed by atoms with Crippen molar-refractivity contribution >= 4 is 11.9 Å². The largest absolute Gasteiger partial charge is 0.462 e. The zero-order valence-corrected chi connectivity index (χ0v) is 24.4. The van der Waals surface area contributed by atoms with Crippen molar-refractivity contribution in [3.05, 3.63) is 0 Å². The van der Waals surface area contributed by atoms with Crippen LogP contribution in [0.4, 0.5) is 0 Å².